The molecule has 0 heterocycles. The molecule has 0 aromatic heterocycles. The Hall–Kier alpha value is -3.02. The molecular weight excluding hydrogens is 320 g/mol. The molecule has 0 radical (unpaired) electrons. The zero-order valence-electron chi connectivity index (χ0n) is 14.8. The third kappa shape index (κ3) is 4.50. The van der Waals surface area contributed by atoms with Crippen molar-refractivity contribution < 1.29 is 19.1 Å². The van der Waals surface area contributed by atoms with Gasteiger partial charge in [-0.25, -0.2) is 0 Å². The van der Waals surface area contributed by atoms with Crippen LogP contribution >= 0.6 is 0 Å². The number of ether oxygens (including phenoxy) is 2. The third-order valence-electron chi connectivity index (χ3n) is 3.58. The molecule has 0 aliphatic rings. The fourth-order valence-electron chi connectivity index (χ4n) is 2.19. The van der Waals surface area contributed by atoms with Crippen LogP contribution < -0.4 is 20.1 Å². The topological polar surface area (TPSA) is 76.7 Å². The highest BCUT2D eigenvalue weighted by Gasteiger charge is 2.16. The molecule has 2 aromatic rings. The Morgan fingerprint density at radius 2 is 1.48 bits per heavy atom. The van der Waals surface area contributed by atoms with Crippen LogP contribution in [0.1, 0.15) is 24.2 Å². The molecule has 0 fully saturated rings. The van der Waals surface area contributed by atoms with Gasteiger partial charge in [-0.15, -0.1) is 0 Å². The van der Waals surface area contributed by atoms with Crippen LogP contribution in [0, 0.1) is 5.92 Å². The largest absolute Gasteiger partial charge is 0.493 e. The molecule has 0 bridgehead atoms. The van der Waals surface area contributed by atoms with Crippen molar-refractivity contribution in [3.05, 3.63) is 48.0 Å². The van der Waals surface area contributed by atoms with E-state index in [0.29, 0.717) is 28.4 Å². The van der Waals surface area contributed by atoms with E-state index >= 15 is 0 Å². The van der Waals surface area contributed by atoms with E-state index < -0.39 is 0 Å². The summed E-state index contributed by atoms with van der Waals surface area (Å²) in [6, 6.07) is 12.0. The van der Waals surface area contributed by atoms with Gasteiger partial charge in [0.15, 0.2) is 11.5 Å². The summed E-state index contributed by atoms with van der Waals surface area (Å²) in [5.41, 5.74) is 1.66. The van der Waals surface area contributed by atoms with Crippen LogP contribution in [0.4, 0.5) is 11.4 Å². The van der Waals surface area contributed by atoms with Crippen molar-refractivity contribution >= 4 is 23.2 Å². The van der Waals surface area contributed by atoms with Gasteiger partial charge in [-0.05, 0) is 36.4 Å². The lowest BCUT2D eigenvalue weighted by Gasteiger charge is -2.13. The predicted octanol–water partition coefficient (Wildman–Crippen LogP) is 3.55. The Balaban J connectivity index is 2.12. The number of nitrogens with one attached hydrogen (secondary N) is 2. The van der Waals surface area contributed by atoms with Crippen LogP contribution in [-0.4, -0.2) is 26.0 Å². The van der Waals surface area contributed by atoms with Crippen LogP contribution in [0.2, 0.25) is 0 Å². The minimum absolute atomic E-state index is 0.0575. The first-order valence-corrected chi connectivity index (χ1v) is 7.89. The molecule has 6 heteroatoms. The van der Waals surface area contributed by atoms with E-state index in [1.54, 1.807) is 42.5 Å². The molecule has 0 aliphatic carbocycles. The van der Waals surface area contributed by atoms with Gasteiger partial charge in [0.2, 0.25) is 5.91 Å². The van der Waals surface area contributed by atoms with E-state index in [4.69, 9.17) is 9.47 Å². The van der Waals surface area contributed by atoms with Crippen molar-refractivity contribution in [2.24, 2.45) is 5.92 Å². The van der Waals surface area contributed by atoms with E-state index in [-0.39, 0.29) is 17.7 Å². The lowest BCUT2D eigenvalue weighted by atomic mass is 10.1. The minimum atomic E-state index is -0.310. The Morgan fingerprint density at radius 1 is 0.880 bits per heavy atom. The minimum Gasteiger partial charge on any atom is -0.493 e. The molecule has 0 unspecified atom stereocenters. The number of carbonyl (C=O) groups is 2. The van der Waals surface area contributed by atoms with Crippen LogP contribution in [-0.2, 0) is 4.79 Å². The van der Waals surface area contributed by atoms with Gasteiger partial charge in [-0.3, -0.25) is 9.59 Å². The second kappa shape index (κ2) is 8.19. The predicted molar refractivity (Wildman–Crippen MR) is 97.4 cm³/mol. The number of anilines is 2. The lowest BCUT2D eigenvalue weighted by Crippen LogP contribution is -2.17. The van der Waals surface area contributed by atoms with Gasteiger partial charge in [0, 0.05) is 17.3 Å². The summed E-state index contributed by atoms with van der Waals surface area (Å²) >= 11 is 0. The maximum Gasteiger partial charge on any atom is 0.259 e. The van der Waals surface area contributed by atoms with E-state index in [1.165, 1.54) is 14.2 Å². The standard InChI is InChI=1S/C19H22N2O4/c1-12(2)18(22)20-13-8-10-14(11-9-13)21-19(23)15-6-5-7-16(24-3)17(15)25-4/h5-12H,1-4H3,(H,20,22)(H,21,23). The number of hydrogen-bond acceptors (Lipinski definition) is 4. The third-order valence-corrected chi connectivity index (χ3v) is 3.58. The Labute approximate surface area is 147 Å². The quantitative estimate of drug-likeness (QED) is 0.842. The van der Waals surface area contributed by atoms with Crippen molar-refractivity contribution in [1.29, 1.82) is 0 Å². The SMILES string of the molecule is COc1cccc(C(=O)Nc2ccc(NC(=O)C(C)C)cc2)c1OC. The molecular formula is C19H22N2O4. The summed E-state index contributed by atoms with van der Waals surface area (Å²) in [4.78, 5) is 24.2. The number of amides is 2. The maximum absolute atomic E-state index is 12.5. The highest BCUT2D eigenvalue weighted by atomic mass is 16.5. The second-order valence-corrected chi connectivity index (χ2v) is 5.72. The van der Waals surface area contributed by atoms with Gasteiger partial charge in [-0.1, -0.05) is 19.9 Å². The summed E-state index contributed by atoms with van der Waals surface area (Å²) in [6.07, 6.45) is 0. The first kappa shape index (κ1) is 18.3. The van der Waals surface area contributed by atoms with E-state index in [0.717, 1.165) is 0 Å². The average molecular weight is 342 g/mol. The monoisotopic (exact) mass is 342 g/mol. The Morgan fingerprint density at radius 3 is 2.00 bits per heavy atom. The molecule has 132 valence electrons. The molecule has 6 nitrogen and oxygen atoms in total. The second-order valence-electron chi connectivity index (χ2n) is 5.72. The summed E-state index contributed by atoms with van der Waals surface area (Å²) in [5, 5.41) is 5.60. The number of hydrogen-bond donors (Lipinski definition) is 2. The molecule has 0 atom stereocenters. The molecule has 0 spiro atoms. The van der Waals surface area contributed by atoms with Crippen LogP contribution in [0.15, 0.2) is 42.5 Å². The summed E-state index contributed by atoms with van der Waals surface area (Å²) < 4.78 is 10.5. The number of carbonyl (C=O) groups excluding carboxylic acids is 2. The van der Waals surface area contributed by atoms with Gasteiger partial charge in [0.25, 0.3) is 5.91 Å². The first-order valence-electron chi connectivity index (χ1n) is 7.89. The number of para-hydroxylation sites is 1. The molecule has 2 amide bonds. The Bertz CT molecular complexity index is 755. The van der Waals surface area contributed by atoms with Gasteiger partial charge >= 0.3 is 0 Å². The molecule has 0 saturated heterocycles. The maximum atomic E-state index is 12.5. The highest BCUT2D eigenvalue weighted by molar-refractivity contribution is 6.06. The molecule has 0 aliphatic heterocycles. The smallest absolute Gasteiger partial charge is 0.259 e. The first-order chi connectivity index (χ1) is 12.0. The molecule has 0 saturated carbocycles. The van der Waals surface area contributed by atoms with Gasteiger partial charge in [-0.2, -0.15) is 0 Å². The van der Waals surface area contributed by atoms with Crippen LogP contribution in [0.5, 0.6) is 11.5 Å². The lowest BCUT2D eigenvalue weighted by molar-refractivity contribution is -0.118. The summed E-state index contributed by atoms with van der Waals surface area (Å²) in [5.74, 6) is 0.401. The Kier molecular flexibility index (Phi) is 6.00. The van der Waals surface area contributed by atoms with E-state index in [1.807, 2.05) is 13.8 Å². The summed E-state index contributed by atoms with van der Waals surface area (Å²) in [6.45, 7) is 3.65. The zero-order valence-corrected chi connectivity index (χ0v) is 14.8. The van der Waals surface area contributed by atoms with Crippen LogP contribution in [0.3, 0.4) is 0 Å². The normalized spacial score (nSPS) is 10.3. The van der Waals surface area contributed by atoms with E-state index in [2.05, 4.69) is 10.6 Å². The molecule has 25 heavy (non-hydrogen) atoms. The fraction of sp³-hybridized carbons (Fsp3) is 0.263. The molecule has 2 aromatic carbocycles. The highest BCUT2D eigenvalue weighted by Crippen LogP contribution is 2.31. The number of methoxy groups -OCH3 is 2. The number of rotatable bonds is 6. The average Bonchev–Trinajstić information content (AvgIpc) is 2.62. The van der Waals surface area contributed by atoms with Gasteiger partial charge < -0.3 is 20.1 Å². The van der Waals surface area contributed by atoms with Crippen LogP contribution in [0.25, 0.3) is 0 Å². The molecule has 2 rings (SSSR count). The molecule has 2 N–H and O–H groups in total. The van der Waals surface area contributed by atoms with Crippen molar-refractivity contribution in [2.45, 2.75) is 13.8 Å². The van der Waals surface area contributed by atoms with Gasteiger partial charge in [0.1, 0.15) is 0 Å². The van der Waals surface area contributed by atoms with Gasteiger partial charge in [0.05, 0.1) is 19.8 Å². The van der Waals surface area contributed by atoms with Crippen molar-refractivity contribution in [2.75, 3.05) is 24.9 Å². The van der Waals surface area contributed by atoms with Crippen molar-refractivity contribution in [1.82, 2.24) is 0 Å². The van der Waals surface area contributed by atoms with E-state index in [9.17, 15) is 9.59 Å². The van der Waals surface area contributed by atoms with Crippen molar-refractivity contribution in [3.63, 3.8) is 0 Å². The number of benzene rings is 2. The fourth-order valence-corrected chi connectivity index (χ4v) is 2.19. The van der Waals surface area contributed by atoms with Crippen molar-refractivity contribution in [3.8, 4) is 11.5 Å². The zero-order chi connectivity index (χ0) is 18.4. The summed E-state index contributed by atoms with van der Waals surface area (Å²) in [7, 11) is 3.00.